The van der Waals surface area contributed by atoms with Gasteiger partial charge in [-0.3, -0.25) is 0 Å². The number of nitrogens with zero attached hydrogens (tertiary/aromatic N) is 1. The molecule has 0 heterocycles. The number of hydrogen-bond donors (Lipinski definition) is 0. The maximum Gasteiger partial charge on any atom is 0.155 e. The smallest absolute Gasteiger partial charge is 0.155 e. The van der Waals surface area contributed by atoms with Crippen molar-refractivity contribution in [1.82, 2.24) is 0 Å². The lowest BCUT2D eigenvalue weighted by atomic mass is 9.86. The SMILES string of the molecule is CC(C)(C)c1c(C(C)(C)C)c1=PC(=S)N(c1ccccc1)[Si](C)(C)C. The van der Waals surface area contributed by atoms with Gasteiger partial charge in [0.05, 0.1) is 0 Å². The molecule has 0 aromatic heterocycles. The summed E-state index contributed by atoms with van der Waals surface area (Å²) in [6.07, 6.45) is 0. The molecule has 0 bridgehead atoms. The van der Waals surface area contributed by atoms with Crippen LogP contribution in [0.15, 0.2) is 30.3 Å². The van der Waals surface area contributed by atoms with Crippen molar-refractivity contribution in [2.24, 2.45) is 0 Å². The number of benzene rings is 1. The predicted octanol–water partition coefficient (Wildman–Crippen LogP) is 7.26. The van der Waals surface area contributed by atoms with E-state index in [1.54, 1.807) is 0 Å². The molecular weight excluding hydrogens is 357 g/mol. The summed E-state index contributed by atoms with van der Waals surface area (Å²) in [5.41, 5.74) is 4.68. The van der Waals surface area contributed by atoms with E-state index in [1.165, 1.54) is 30.0 Å². The molecule has 0 fully saturated rings. The Morgan fingerprint density at radius 2 is 1.32 bits per heavy atom. The molecular formula is C21H32NPSSi. The Hall–Kier alpha value is -0.763. The van der Waals surface area contributed by atoms with Crippen LogP contribution < -0.4 is 4.57 Å². The van der Waals surface area contributed by atoms with Gasteiger partial charge in [0.25, 0.3) is 0 Å². The largest absolute Gasteiger partial charge is 0.357 e. The van der Waals surface area contributed by atoms with Gasteiger partial charge in [0.1, 0.15) is 4.73 Å². The molecule has 0 saturated carbocycles. The lowest BCUT2D eigenvalue weighted by Gasteiger charge is -2.35. The van der Waals surface area contributed by atoms with Gasteiger partial charge in [-0.15, -0.1) is 0 Å². The average molecular weight is 390 g/mol. The Labute approximate surface area is 162 Å². The van der Waals surface area contributed by atoms with Crippen molar-refractivity contribution in [3.8, 4) is 0 Å². The summed E-state index contributed by atoms with van der Waals surface area (Å²) in [4.78, 5) is 1.48. The molecule has 136 valence electrons. The van der Waals surface area contributed by atoms with Crippen molar-refractivity contribution < 1.29 is 0 Å². The van der Waals surface area contributed by atoms with Crippen LogP contribution in [0.2, 0.25) is 19.6 Å². The van der Waals surface area contributed by atoms with Crippen LogP contribution in [-0.2, 0) is 10.8 Å². The molecule has 0 unspecified atom stereocenters. The standard InChI is InChI=1S/C21H32NPSSi/c1-20(2,3)16-17(21(4,5)6)18(16)23-19(24)22(25(7,8)9)15-13-11-10-12-14-15/h10-14H,1-9H3. The Bertz CT molecular complexity index is 749. The van der Waals surface area contributed by atoms with Gasteiger partial charge in [-0.05, 0) is 42.3 Å². The third kappa shape index (κ3) is 4.70. The van der Waals surface area contributed by atoms with Crippen LogP contribution in [0.1, 0.15) is 52.7 Å². The van der Waals surface area contributed by atoms with Gasteiger partial charge in [-0.2, -0.15) is 0 Å². The van der Waals surface area contributed by atoms with Gasteiger partial charge in [0.15, 0.2) is 8.24 Å². The molecule has 0 aliphatic heterocycles. The third-order valence-corrected chi connectivity index (χ3v) is 7.94. The monoisotopic (exact) mass is 389 g/mol. The first-order valence-electron chi connectivity index (χ1n) is 8.98. The van der Waals surface area contributed by atoms with E-state index in [0.717, 1.165) is 4.73 Å². The zero-order chi connectivity index (χ0) is 19.2. The Morgan fingerprint density at radius 3 is 1.68 bits per heavy atom. The molecule has 4 heteroatoms. The predicted molar refractivity (Wildman–Crippen MR) is 121 cm³/mol. The third-order valence-electron chi connectivity index (χ3n) is 4.25. The minimum atomic E-state index is -1.61. The zero-order valence-corrected chi connectivity index (χ0v) is 19.9. The lowest BCUT2D eigenvalue weighted by molar-refractivity contribution is 0.563. The Kier molecular flexibility index (Phi) is 5.55. The van der Waals surface area contributed by atoms with Gasteiger partial charge < -0.3 is 4.57 Å². The molecule has 2 aromatic rings. The van der Waals surface area contributed by atoms with E-state index in [4.69, 9.17) is 12.2 Å². The van der Waals surface area contributed by atoms with E-state index in [2.05, 4.69) is 96.1 Å². The highest BCUT2D eigenvalue weighted by atomic mass is 32.1. The highest BCUT2D eigenvalue weighted by Crippen LogP contribution is 2.47. The topological polar surface area (TPSA) is 3.24 Å². The van der Waals surface area contributed by atoms with E-state index in [9.17, 15) is 0 Å². The summed E-state index contributed by atoms with van der Waals surface area (Å²) in [6.45, 7) is 21.0. The first kappa shape index (κ1) is 20.5. The van der Waals surface area contributed by atoms with Crippen LogP contribution in [0.5, 0.6) is 0 Å². The number of hydrogen-bond acceptors (Lipinski definition) is 1. The molecule has 0 atom stereocenters. The maximum absolute atomic E-state index is 5.97. The van der Waals surface area contributed by atoms with Crippen LogP contribution in [-0.4, -0.2) is 13.0 Å². The maximum atomic E-state index is 5.97. The van der Waals surface area contributed by atoms with E-state index < -0.39 is 8.24 Å². The van der Waals surface area contributed by atoms with Crippen LogP contribution in [0.25, 0.3) is 0 Å². The molecule has 0 aliphatic carbocycles. The summed E-state index contributed by atoms with van der Waals surface area (Å²) < 4.78 is 3.48. The van der Waals surface area contributed by atoms with Crippen molar-refractivity contribution in [2.75, 3.05) is 4.57 Å². The van der Waals surface area contributed by atoms with E-state index in [-0.39, 0.29) is 10.8 Å². The van der Waals surface area contributed by atoms with Crippen molar-refractivity contribution in [3.05, 3.63) is 46.4 Å². The fraction of sp³-hybridized carbons (Fsp3) is 0.524. The van der Waals surface area contributed by atoms with Gasteiger partial charge >= 0.3 is 0 Å². The van der Waals surface area contributed by atoms with Gasteiger partial charge in [0, 0.05) is 10.6 Å². The van der Waals surface area contributed by atoms with Crippen molar-refractivity contribution in [2.45, 2.75) is 72.0 Å². The molecule has 0 radical (unpaired) electrons. The molecule has 1 nitrogen and oxygen atoms in total. The Balaban J connectivity index is 2.52. The summed E-state index contributed by atoms with van der Waals surface area (Å²) >= 11 is 5.97. The van der Waals surface area contributed by atoms with E-state index in [0.29, 0.717) is 0 Å². The van der Waals surface area contributed by atoms with Crippen LogP contribution in [0.4, 0.5) is 5.69 Å². The van der Waals surface area contributed by atoms with Crippen molar-refractivity contribution >= 4 is 39.1 Å². The molecule has 2 rings (SSSR count). The molecule has 25 heavy (non-hydrogen) atoms. The second-order valence-electron chi connectivity index (χ2n) is 9.83. The molecule has 0 spiro atoms. The quantitative estimate of drug-likeness (QED) is 0.309. The first-order valence-corrected chi connectivity index (χ1v) is 13.7. The van der Waals surface area contributed by atoms with Crippen molar-refractivity contribution in [3.63, 3.8) is 0 Å². The summed E-state index contributed by atoms with van der Waals surface area (Å²) in [7, 11) is -0.414. The molecule has 0 N–H and O–H groups in total. The molecule has 0 aliphatic rings. The highest BCUT2D eigenvalue weighted by molar-refractivity contribution is 7.92. The fourth-order valence-electron chi connectivity index (χ4n) is 3.26. The highest BCUT2D eigenvalue weighted by Gasteiger charge is 2.36. The molecule has 0 saturated heterocycles. The first-order chi connectivity index (χ1) is 11.2. The lowest BCUT2D eigenvalue weighted by Crippen LogP contribution is -2.47. The van der Waals surface area contributed by atoms with Crippen LogP contribution >= 0.6 is 20.4 Å². The van der Waals surface area contributed by atoms with Gasteiger partial charge in [-0.1, -0.05) is 91.6 Å². The van der Waals surface area contributed by atoms with E-state index >= 15 is 0 Å². The summed E-state index contributed by atoms with van der Waals surface area (Å²) in [6, 6.07) is 10.6. The molecule has 0 amide bonds. The minimum Gasteiger partial charge on any atom is -0.357 e. The van der Waals surface area contributed by atoms with Gasteiger partial charge in [0.2, 0.25) is 0 Å². The number of rotatable bonds is 3. The number of para-hydroxylation sites is 1. The Morgan fingerprint density at radius 1 is 0.880 bits per heavy atom. The van der Waals surface area contributed by atoms with Crippen LogP contribution in [0, 0.1) is 4.94 Å². The zero-order valence-electron chi connectivity index (χ0n) is 17.2. The minimum absolute atomic E-state index is 0.192. The average Bonchev–Trinajstić information content (AvgIpc) is 3.12. The van der Waals surface area contributed by atoms with Crippen molar-refractivity contribution in [1.29, 1.82) is 0 Å². The second-order valence-corrected chi connectivity index (χ2v) is 16.4. The second kappa shape index (κ2) is 6.76. The molecule has 2 aromatic carbocycles. The summed E-state index contributed by atoms with van der Waals surface area (Å²) in [5.74, 6) is 0. The number of anilines is 1. The normalized spacial score (nSPS) is 13.5. The summed E-state index contributed by atoms with van der Waals surface area (Å²) in [5, 5.41) is 0. The van der Waals surface area contributed by atoms with Crippen LogP contribution in [0.3, 0.4) is 0 Å². The van der Waals surface area contributed by atoms with Gasteiger partial charge in [-0.25, -0.2) is 0 Å². The van der Waals surface area contributed by atoms with E-state index in [1.807, 2.05) is 0 Å². The fourth-order valence-corrected chi connectivity index (χ4v) is 8.47. The number of thiocarbonyl (C=S) groups is 1.